The highest BCUT2D eigenvalue weighted by Crippen LogP contribution is 2.32. The second-order valence-electron chi connectivity index (χ2n) is 5.94. The lowest BCUT2D eigenvalue weighted by Gasteiger charge is -2.43. The van der Waals surface area contributed by atoms with Crippen molar-refractivity contribution in [1.82, 2.24) is 10.2 Å². The fourth-order valence-electron chi connectivity index (χ4n) is 3.50. The SMILES string of the molecule is CNC1(C#N)CCCC(N2CCCC(C)C2)C1. The van der Waals surface area contributed by atoms with E-state index in [-0.39, 0.29) is 5.54 Å². The van der Waals surface area contributed by atoms with Crippen molar-refractivity contribution in [3.8, 4) is 6.07 Å². The highest BCUT2D eigenvalue weighted by atomic mass is 15.2. The molecular formula is C14H25N3. The lowest BCUT2D eigenvalue weighted by Crippen LogP contribution is -2.53. The molecule has 1 saturated heterocycles. The smallest absolute Gasteiger partial charge is 0.108 e. The summed E-state index contributed by atoms with van der Waals surface area (Å²) in [5, 5.41) is 12.6. The van der Waals surface area contributed by atoms with Crippen molar-refractivity contribution in [3.05, 3.63) is 0 Å². The number of rotatable bonds is 2. The van der Waals surface area contributed by atoms with Crippen molar-refractivity contribution in [1.29, 1.82) is 5.26 Å². The van der Waals surface area contributed by atoms with Crippen LogP contribution in [-0.4, -0.2) is 36.6 Å². The summed E-state index contributed by atoms with van der Waals surface area (Å²) in [6.45, 7) is 4.82. The summed E-state index contributed by atoms with van der Waals surface area (Å²) in [4.78, 5) is 2.64. The summed E-state index contributed by atoms with van der Waals surface area (Å²) in [7, 11) is 1.93. The topological polar surface area (TPSA) is 39.1 Å². The van der Waals surface area contributed by atoms with Crippen molar-refractivity contribution in [3.63, 3.8) is 0 Å². The zero-order valence-electron chi connectivity index (χ0n) is 11.2. The van der Waals surface area contributed by atoms with E-state index in [1.54, 1.807) is 0 Å². The van der Waals surface area contributed by atoms with Crippen molar-refractivity contribution in [2.75, 3.05) is 20.1 Å². The summed E-state index contributed by atoms with van der Waals surface area (Å²) in [5.41, 5.74) is -0.260. The van der Waals surface area contributed by atoms with Gasteiger partial charge in [0.2, 0.25) is 0 Å². The van der Waals surface area contributed by atoms with E-state index in [4.69, 9.17) is 0 Å². The van der Waals surface area contributed by atoms with Crippen LogP contribution in [0.5, 0.6) is 0 Å². The number of nitrogens with one attached hydrogen (secondary N) is 1. The molecule has 1 aliphatic carbocycles. The second-order valence-corrected chi connectivity index (χ2v) is 5.94. The molecule has 1 saturated carbocycles. The Morgan fingerprint density at radius 3 is 2.82 bits per heavy atom. The predicted molar refractivity (Wildman–Crippen MR) is 69.6 cm³/mol. The fourth-order valence-corrected chi connectivity index (χ4v) is 3.50. The number of hydrogen-bond acceptors (Lipinski definition) is 3. The normalized spacial score (nSPS) is 39.8. The molecule has 0 spiro atoms. The van der Waals surface area contributed by atoms with Crippen molar-refractivity contribution >= 4 is 0 Å². The Balaban J connectivity index is 1.99. The van der Waals surface area contributed by atoms with E-state index < -0.39 is 0 Å². The van der Waals surface area contributed by atoms with Gasteiger partial charge in [-0.3, -0.25) is 0 Å². The summed E-state index contributed by atoms with van der Waals surface area (Å²) >= 11 is 0. The van der Waals surface area contributed by atoms with E-state index >= 15 is 0 Å². The molecule has 0 bridgehead atoms. The first-order chi connectivity index (χ1) is 8.19. The first-order valence-corrected chi connectivity index (χ1v) is 7.03. The van der Waals surface area contributed by atoms with E-state index in [2.05, 4.69) is 23.2 Å². The largest absolute Gasteiger partial charge is 0.302 e. The molecule has 1 N–H and O–H groups in total. The number of hydrogen-bond donors (Lipinski definition) is 1. The molecule has 3 atom stereocenters. The molecule has 2 aliphatic rings. The van der Waals surface area contributed by atoms with Crippen LogP contribution in [-0.2, 0) is 0 Å². The molecule has 0 aromatic carbocycles. The van der Waals surface area contributed by atoms with Gasteiger partial charge in [0.15, 0.2) is 0 Å². The average Bonchev–Trinajstić information content (AvgIpc) is 2.39. The Labute approximate surface area is 105 Å². The molecule has 0 amide bonds. The second kappa shape index (κ2) is 5.37. The number of likely N-dealkylation sites (tertiary alicyclic amines) is 1. The van der Waals surface area contributed by atoms with Gasteiger partial charge in [0.1, 0.15) is 5.54 Å². The Hall–Kier alpha value is -0.590. The average molecular weight is 235 g/mol. The van der Waals surface area contributed by atoms with Crippen LogP contribution in [0.3, 0.4) is 0 Å². The van der Waals surface area contributed by atoms with E-state index in [0.717, 1.165) is 18.8 Å². The van der Waals surface area contributed by atoms with Gasteiger partial charge in [-0.2, -0.15) is 5.26 Å². The molecular weight excluding hydrogens is 210 g/mol. The van der Waals surface area contributed by atoms with Crippen molar-refractivity contribution in [2.24, 2.45) is 5.92 Å². The molecule has 96 valence electrons. The van der Waals surface area contributed by atoms with Crippen LogP contribution in [0.4, 0.5) is 0 Å². The number of nitriles is 1. The van der Waals surface area contributed by atoms with Crippen LogP contribution >= 0.6 is 0 Å². The Morgan fingerprint density at radius 1 is 1.35 bits per heavy atom. The zero-order valence-corrected chi connectivity index (χ0v) is 11.2. The Bertz CT molecular complexity index is 296. The van der Waals surface area contributed by atoms with Crippen molar-refractivity contribution < 1.29 is 0 Å². The minimum absolute atomic E-state index is 0.260. The standard InChI is InChI=1S/C14H25N3/c1-12-5-4-8-17(10-12)13-6-3-7-14(9-13,11-15)16-2/h12-13,16H,3-10H2,1-2H3. The van der Waals surface area contributed by atoms with Crippen LogP contribution in [0.2, 0.25) is 0 Å². The summed E-state index contributed by atoms with van der Waals surface area (Å²) in [6, 6.07) is 3.13. The summed E-state index contributed by atoms with van der Waals surface area (Å²) in [6.07, 6.45) is 7.18. The molecule has 1 aliphatic heterocycles. The Kier molecular flexibility index (Phi) is 4.06. The van der Waals surface area contributed by atoms with Gasteiger partial charge in [0, 0.05) is 12.6 Å². The lowest BCUT2D eigenvalue weighted by atomic mass is 9.78. The third-order valence-electron chi connectivity index (χ3n) is 4.62. The highest BCUT2D eigenvalue weighted by Gasteiger charge is 2.38. The maximum atomic E-state index is 9.38. The van der Waals surface area contributed by atoms with Crippen LogP contribution < -0.4 is 5.32 Å². The first kappa shape index (κ1) is 12.9. The lowest BCUT2D eigenvalue weighted by molar-refractivity contribution is 0.0827. The van der Waals surface area contributed by atoms with Crippen LogP contribution in [0.25, 0.3) is 0 Å². The predicted octanol–water partition coefficient (Wildman–Crippen LogP) is 2.14. The van der Waals surface area contributed by atoms with Gasteiger partial charge < -0.3 is 10.2 Å². The van der Waals surface area contributed by atoms with E-state index in [9.17, 15) is 5.26 Å². The third-order valence-corrected chi connectivity index (χ3v) is 4.62. The molecule has 0 aromatic heterocycles. The molecule has 2 rings (SSSR count). The molecule has 0 radical (unpaired) electrons. The maximum Gasteiger partial charge on any atom is 0.108 e. The van der Waals surface area contributed by atoms with E-state index in [1.807, 2.05) is 7.05 Å². The van der Waals surface area contributed by atoms with Gasteiger partial charge in [0.25, 0.3) is 0 Å². The van der Waals surface area contributed by atoms with E-state index in [0.29, 0.717) is 6.04 Å². The van der Waals surface area contributed by atoms with Gasteiger partial charge in [0.05, 0.1) is 6.07 Å². The van der Waals surface area contributed by atoms with Crippen LogP contribution in [0, 0.1) is 17.2 Å². The fraction of sp³-hybridized carbons (Fsp3) is 0.929. The minimum Gasteiger partial charge on any atom is -0.302 e. The summed E-state index contributed by atoms with van der Waals surface area (Å²) in [5.74, 6) is 0.830. The third kappa shape index (κ3) is 2.81. The molecule has 2 fully saturated rings. The minimum atomic E-state index is -0.260. The summed E-state index contributed by atoms with van der Waals surface area (Å²) < 4.78 is 0. The van der Waals surface area contributed by atoms with Gasteiger partial charge in [-0.1, -0.05) is 6.92 Å². The molecule has 3 heteroatoms. The molecule has 0 aromatic rings. The van der Waals surface area contributed by atoms with Gasteiger partial charge in [-0.05, 0) is 58.0 Å². The van der Waals surface area contributed by atoms with Crippen LogP contribution in [0.15, 0.2) is 0 Å². The zero-order chi connectivity index (χ0) is 12.3. The molecule has 1 heterocycles. The molecule has 3 unspecified atom stereocenters. The van der Waals surface area contributed by atoms with E-state index in [1.165, 1.54) is 38.8 Å². The highest BCUT2D eigenvalue weighted by molar-refractivity contribution is 5.10. The quantitative estimate of drug-likeness (QED) is 0.797. The monoisotopic (exact) mass is 235 g/mol. The Morgan fingerprint density at radius 2 is 2.18 bits per heavy atom. The van der Waals surface area contributed by atoms with Crippen LogP contribution in [0.1, 0.15) is 45.4 Å². The maximum absolute atomic E-state index is 9.38. The number of piperidine rings is 1. The van der Waals surface area contributed by atoms with Gasteiger partial charge in [-0.15, -0.1) is 0 Å². The van der Waals surface area contributed by atoms with Gasteiger partial charge in [-0.25, -0.2) is 0 Å². The molecule has 17 heavy (non-hydrogen) atoms. The first-order valence-electron chi connectivity index (χ1n) is 7.03. The number of nitrogens with zero attached hydrogens (tertiary/aromatic N) is 2. The van der Waals surface area contributed by atoms with Gasteiger partial charge >= 0.3 is 0 Å². The van der Waals surface area contributed by atoms with Crippen molar-refractivity contribution in [2.45, 2.75) is 57.0 Å². The molecule has 3 nitrogen and oxygen atoms in total.